The van der Waals surface area contributed by atoms with Crippen molar-refractivity contribution < 1.29 is 17.6 Å². The van der Waals surface area contributed by atoms with Crippen LogP contribution in [0, 0.1) is 17.7 Å². The number of piperidine rings is 2. The highest BCUT2D eigenvalue weighted by Gasteiger charge is 2.34. The minimum Gasteiger partial charge on any atom is -0.354 e. The third kappa shape index (κ3) is 5.82. The fraction of sp³-hybridized carbons (Fsp3) is 0.542. The van der Waals surface area contributed by atoms with Crippen LogP contribution in [0.25, 0.3) is 0 Å². The smallest absolute Gasteiger partial charge is 0.243 e. The van der Waals surface area contributed by atoms with Crippen molar-refractivity contribution in [3.63, 3.8) is 0 Å². The van der Waals surface area contributed by atoms with Crippen LogP contribution in [0.5, 0.6) is 0 Å². The molecule has 2 fully saturated rings. The Morgan fingerprint density at radius 2 is 1.88 bits per heavy atom. The Hall–Kier alpha value is -1.81. The lowest BCUT2D eigenvalue weighted by Gasteiger charge is -2.37. The maximum Gasteiger partial charge on any atom is 0.243 e. The first kappa shape index (κ1) is 24.3. The molecule has 0 saturated carbocycles. The van der Waals surface area contributed by atoms with E-state index >= 15 is 0 Å². The van der Waals surface area contributed by atoms with Crippen molar-refractivity contribution in [2.75, 3.05) is 32.7 Å². The summed E-state index contributed by atoms with van der Waals surface area (Å²) >= 11 is 1.71. The zero-order valence-corrected chi connectivity index (χ0v) is 20.6. The Morgan fingerprint density at radius 3 is 2.55 bits per heavy atom. The molecule has 2 atom stereocenters. The summed E-state index contributed by atoms with van der Waals surface area (Å²) in [6.07, 6.45) is 3.60. The molecule has 0 unspecified atom stereocenters. The molecular formula is C24H32FN3O3S2. The standard InChI is InChI=1S/C24H32FN3O3S2/c1-18-10-13-27(14-11-18)22(23-5-3-15-32-23)16-26-24(29)19-4-2-12-28(17-19)33(30,31)21-8-6-20(25)7-9-21/h3,5-9,15,18-19,22H,2,4,10-14,16-17H2,1H3,(H,26,29)/t19-,22-/m1/s1. The topological polar surface area (TPSA) is 69.7 Å². The molecule has 33 heavy (non-hydrogen) atoms. The van der Waals surface area contributed by atoms with Crippen LogP contribution in [0.3, 0.4) is 0 Å². The van der Waals surface area contributed by atoms with Gasteiger partial charge >= 0.3 is 0 Å². The molecule has 180 valence electrons. The maximum absolute atomic E-state index is 13.2. The number of amides is 1. The summed E-state index contributed by atoms with van der Waals surface area (Å²) < 4.78 is 40.6. The summed E-state index contributed by atoms with van der Waals surface area (Å²) in [6, 6.07) is 9.15. The predicted octanol–water partition coefficient (Wildman–Crippen LogP) is 3.88. The van der Waals surface area contributed by atoms with Gasteiger partial charge in [-0.3, -0.25) is 9.69 Å². The molecule has 0 bridgehead atoms. The zero-order valence-electron chi connectivity index (χ0n) is 19.0. The first-order valence-corrected chi connectivity index (χ1v) is 14.0. The molecule has 4 rings (SSSR count). The van der Waals surface area contributed by atoms with Crippen molar-refractivity contribution in [3.8, 4) is 0 Å². The van der Waals surface area contributed by atoms with Crippen molar-refractivity contribution >= 4 is 27.3 Å². The molecule has 2 aliphatic rings. The van der Waals surface area contributed by atoms with E-state index < -0.39 is 15.8 Å². The lowest BCUT2D eigenvalue weighted by molar-refractivity contribution is -0.126. The molecule has 2 saturated heterocycles. The molecule has 3 heterocycles. The van der Waals surface area contributed by atoms with Gasteiger partial charge in [-0.05, 0) is 80.4 Å². The highest BCUT2D eigenvalue weighted by molar-refractivity contribution is 7.89. The number of carbonyl (C=O) groups excluding carboxylic acids is 1. The molecule has 2 aromatic rings. The van der Waals surface area contributed by atoms with Crippen molar-refractivity contribution in [1.82, 2.24) is 14.5 Å². The number of sulfonamides is 1. The van der Waals surface area contributed by atoms with Gasteiger partial charge in [0.1, 0.15) is 5.82 Å². The Bertz CT molecular complexity index is 1020. The lowest BCUT2D eigenvalue weighted by Crippen LogP contribution is -2.47. The van der Waals surface area contributed by atoms with Crippen LogP contribution in [0.2, 0.25) is 0 Å². The summed E-state index contributed by atoms with van der Waals surface area (Å²) in [6.45, 7) is 5.37. The number of halogens is 1. The van der Waals surface area contributed by atoms with Crippen LogP contribution >= 0.6 is 11.3 Å². The van der Waals surface area contributed by atoms with Crippen molar-refractivity contribution in [2.45, 2.75) is 43.5 Å². The molecule has 0 spiro atoms. The van der Waals surface area contributed by atoms with Gasteiger partial charge in [0.05, 0.1) is 16.9 Å². The Morgan fingerprint density at radius 1 is 1.15 bits per heavy atom. The fourth-order valence-corrected chi connectivity index (χ4v) is 7.09. The van der Waals surface area contributed by atoms with E-state index in [-0.39, 0.29) is 29.3 Å². The molecule has 2 aliphatic heterocycles. The molecule has 1 aromatic carbocycles. The number of benzene rings is 1. The van der Waals surface area contributed by atoms with Gasteiger partial charge in [-0.1, -0.05) is 13.0 Å². The van der Waals surface area contributed by atoms with Crippen LogP contribution in [0.4, 0.5) is 4.39 Å². The highest BCUT2D eigenvalue weighted by Crippen LogP contribution is 2.30. The number of likely N-dealkylation sites (tertiary alicyclic amines) is 1. The Balaban J connectivity index is 1.39. The largest absolute Gasteiger partial charge is 0.354 e. The summed E-state index contributed by atoms with van der Waals surface area (Å²) in [5.74, 6) is -0.232. The number of carbonyl (C=O) groups is 1. The zero-order chi connectivity index (χ0) is 23.4. The Kier molecular flexibility index (Phi) is 7.83. The van der Waals surface area contributed by atoms with Gasteiger partial charge in [0.25, 0.3) is 0 Å². The number of rotatable bonds is 7. The number of hydrogen-bond acceptors (Lipinski definition) is 5. The molecule has 1 aromatic heterocycles. The van der Waals surface area contributed by atoms with Crippen molar-refractivity contribution in [1.29, 1.82) is 0 Å². The number of thiophene rings is 1. The SMILES string of the molecule is CC1CCN([C@H](CNC(=O)[C@@H]2CCCN(S(=O)(=O)c3ccc(F)cc3)C2)c2cccs2)CC1. The number of hydrogen-bond donors (Lipinski definition) is 1. The van der Waals surface area contributed by atoms with E-state index in [0.29, 0.717) is 25.9 Å². The molecule has 0 radical (unpaired) electrons. The average molecular weight is 494 g/mol. The average Bonchev–Trinajstić information content (AvgIpc) is 3.35. The van der Waals surface area contributed by atoms with Gasteiger partial charge in [0, 0.05) is 24.5 Å². The van der Waals surface area contributed by atoms with E-state index in [1.54, 1.807) is 11.3 Å². The first-order valence-electron chi connectivity index (χ1n) is 11.7. The second-order valence-electron chi connectivity index (χ2n) is 9.15. The normalized spacial score (nSPS) is 22.2. The van der Waals surface area contributed by atoms with E-state index in [1.165, 1.54) is 21.3 Å². The number of nitrogens with one attached hydrogen (secondary N) is 1. The van der Waals surface area contributed by atoms with Crippen LogP contribution in [-0.2, 0) is 14.8 Å². The second kappa shape index (κ2) is 10.6. The molecule has 1 N–H and O–H groups in total. The van der Waals surface area contributed by atoms with E-state index in [4.69, 9.17) is 0 Å². The summed E-state index contributed by atoms with van der Waals surface area (Å²) in [7, 11) is -3.75. The van der Waals surface area contributed by atoms with Crippen LogP contribution in [0.1, 0.15) is 43.5 Å². The van der Waals surface area contributed by atoms with E-state index in [2.05, 4.69) is 28.6 Å². The van der Waals surface area contributed by atoms with Crippen LogP contribution in [0.15, 0.2) is 46.7 Å². The van der Waals surface area contributed by atoms with E-state index in [0.717, 1.165) is 44.0 Å². The Labute approximate surface area is 199 Å². The van der Waals surface area contributed by atoms with Crippen LogP contribution in [-0.4, -0.2) is 56.3 Å². The van der Waals surface area contributed by atoms with E-state index in [9.17, 15) is 17.6 Å². The molecule has 1 amide bonds. The first-order chi connectivity index (χ1) is 15.8. The molecular weight excluding hydrogens is 461 g/mol. The third-order valence-corrected chi connectivity index (χ3v) is 9.66. The molecule has 9 heteroatoms. The van der Waals surface area contributed by atoms with Gasteiger partial charge in [-0.15, -0.1) is 11.3 Å². The fourth-order valence-electron chi connectivity index (χ4n) is 4.70. The van der Waals surface area contributed by atoms with Crippen molar-refractivity contribution in [2.24, 2.45) is 11.8 Å². The minimum atomic E-state index is -3.75. The van der Waals surface area contributed by atoms with E-state index in [1.807, 2.05) is 6.07 Å². The van der Waals surface area contributed by atoms with Gasteiger partial charge in [-0.2, -0.15) is 4.31 Å². The van der Waals surface area contributed by atoms with Gasteiger partial charge in [-0.25, -0.2) is 12.8 Å². The quantitative estimate of drug-likeness (QED) is 0.636. The van der Waals surface area contributed by atoms with Gasteiger partial charge in [0.15, 0.2) is 0 Å². The van der Waals surface area contributed by atoms with Crippen molar-refractivity contribution in [3.05, 3.63) is 52.5 Å². The highest BCUT2D eigenvalue weighted by atomic mass is 32.2. The van der Waals surface area contributed by atoms with Crippen LogP contribution < -0.4 is 5.32 Å². The summed E-state index contributed by atoms with van der Waals surface area (Å²) in [5.41, 5.74) is 0. The third-order valence-electron chi connectivity index (χ3n) is 6.81. The minimum absolute atomic E-state index is 0.0574. The second-order valence-corrected chi connectivity index (χ2v) is 12.1. The lowest BCUT2D eigenvalue weighted by atomic mass is 9.97. The number of nitrogens with zero attached hydrogens (tertiary/aromatic N) is 2. The molecule has 6 nitrogen and oxygen atoms in total. The monoisotopic (exact) mass is 493 g/mol. The maximum atomic E-state index is 13.2. The van der Waals surface area contributed by atoms with Gasteiger partial charge < -0.3 is 5.32 Å². The predicted molar refractivity (Wildman–Crippen MR) is 128 cm³/mol. The van der Waals surface area contributed by atoms with Gasteiger partial charge in [0.2, 0.25) is 15.9 Å². The molecule has 0 aliphatic carbocycles. The summed E-state index contributed by atoms with van der Waals surface area (Å²) in [4.78, 5) is 16.8. The summed E-state index contributed by atoms with van der Waals surface area (Å²) in [5, 5.41) is 5.19.